The Morgan fingerprint density at radius 2 is 1.88 bits per heavy atom. The van der Waals surface area contributed by atoms with E-state index in [0.29, 0.717) is 16.3 Å². The molecule has 0 bridgehead atoms. The van der Waals surface area contributed by atoms with Crippen LogP contribution in [0.1, 0.15) is 11.1 Å². The summed E-state index contributed by atoms with van der Waals surface area (Å²) in [7, 11) is 1.82. The Morgan fingerprint density at radius 3 is 2.62 bits per heavy atom. The quantitative estimate of drug-likeness (QED) is 0.442. The van der Waals surface area contributed by atoms with Gasteiger partial charge in [-0.05, 0) is 36.3 Å². The van der Waals surface area contributed by atoms with Crippen LogP contribution in [0.15, 0.2) is 58.9 Å². The Labute approximate surface area is 166 Å². The largest absolute Gasteiger partial charge is 0.341 e. The molecule has 0 saturated heterocycles. The fourth-order valence-electron chi connectivity index (χ4n) is 2.45. The van der Waals surface area contributed by atoms with Crippen LogP contribution >= 0.6 is 35.3 Å². The number of hydrogen-bond acceptors (Lipinski definition) is 5. The van der Waals surface area contributed by atoms with Gasteiger partial charge < -0.3 is 4.90 Å². The number of aromatic nitrogens is 2. The number of aryl methyl sites for hydroxylation is 1. The predicted molar refractivity (Wildman–Crippen MR) is 111 cm³/mol. The van der Waals surface area contributed by atoms with E-state index in [4.69, 9.17) is 12.2 Å². The van der Waals surface area contributed by atoms with Crippen LogP contribution in [0.5, 0.6) is 0 Å². The third-order valence-electron chi connectivity index (χ3n) is 3.88. The fraction of sp³-hybridized carbons (Fsp3) is 0.211. The van der Waals surface area contributed by atoms with E-state index in [-0.39, 0.29) is 5.91 Å². The summed E-state index contributed by atoms with van der Waals surface area (Å²) in [6.07, 6.45) is 0. The first-order valence-corrected chi connectivity index (χ1v) is 10.3. The summed E-state index contributed by atoms with van der Waals surface area (Å²) >= 11 is 8.31. The van der Waals surface area contributed by atoms with Gasteiger partial charge in [0.15, 0.2) is 8.29 Å². The van der Waals surface area contributed by atoms with Crippen molar-refractivity contribution >= 4 is 41.2 Å². The summed E-state index contributed by atoms with van der Waals surface area (Å²) in [5.41, 5.74) is 3.21. The van der Waals surface area contributed by atoms with E-state index >= 15 is 0 Å². The average molecular weight is 402 g/mol. The van der Waals surface area contributed by atoms with Crippen molar-refractivity contribution in [3.8, 4) is 5.69 Å². The maximum atomic E-state index is 12.4. The molecule has 0 spiro atoms. The highest BCUT2D eigenvalue weighted by molar-refractivity contribution is 8.01. The van der Waals surface area contributed by atoms with Crippen LogP contribution in [0.25, 0.3) is 5.69 Å². The van der Waals surface area contributed by atoms with Crippen LogP contribution in [-0.4, -0.2) is 33.4 Å². The molecule has 0 saturated carbocycles. The Kier molecular flexibility index (Phi) is 6.24. The minimum absolute atomic E-state index is 0.0717. The van der Waals surface area contributed by atoms with Crippen molar-refractivity contribution in [3.05, 3.63) is 69.7 Å². The van der Waals surface area contributed by atoms with E-state index in [1.807, 2.05) is 68.6 Å². The highest BCUT2D eigenvalue weighted by atomic mass is 32.2. The van der Waals surface area contributed by atoms with Crippen molar-refractivity contribution in [2.45, 2.75) is 17.8 Å². The molecule has 1 amide bonds. The second-order valence-corrected chi connectivity index (χ2v) is 8.70. The molecular formula is C19H19N3OS3. The number of hydrogen-bond donors (Lipinski definition) is 0. The molecule has 0 fully saturated rings. The van der Waals surface area contributed by atoms with Crippen LogP contribution < -0.4 is 0 Å². The molecule has 4 nitrogen and oxygen atoms in total. The molecule has 1 heterocycles. The third-order valence-corrected chi connectivity index (χ3v) is 6.23. The van der Waals surface area contributed by atoms with Gasteiger partial charge in [-0.2, -0.15) is 0 Å². The van der Waals surface area contributed by atoms with Gasteiger partial charge in [-0.15, -0.1) is 5.10 Å². The van der Waals surface area contributed by atoms with Crippen LogP contribution in [0, 0.1) is 10.9 Å². The summed E-state index contributed by atoms with van der Waals surface area (Å²) in [6.45, 7) is 2.64. The van der Waals surface area contributed by atoms with Crippen molar-refractivity contribution in [2.75, 3.05) is 12.8 Å². The van der Waals surface area contributed by atoms with Gasteiger partial charge in [0.2, 0.25) is 5.91 Å². The average Bonchev–Trinajstić information content (AvgIpc) is 3.01. The van der Waals surface area contributed by atoms with Gasteiger partial charge in [-0.1, -0.05) is 71.6 Å². The smallest absolute Gasteiger partial charge is 0.233 e. The van der Waals surface area contributed by atoms with Gasteiger partial charge in [0, 0.05) is 13.6 Å². The van der Waals surface area contributed by atoms with Crippen molar-refractivity contribution < 1.29 is 4.79 Å². The van der Waals surface area contributed by atoms with Gasteiger partial charge >= 0.3 is 0 Å². The minimum atomic E-state index is 0.0717. The SMILES string of the molecule is Cc1ccccc1-n1nc(SCC(=O)N(C)Cc2ccccc2)sc1=S. The van der Waals surface area contributed by atoms with Crippen molar-refractivity contribution in [1.82, 2.24) is 14.7 Å². The molecule has 134 valence electrons. The zero-order chi connectivity index (χ0) is 18.5. The number of benzene rings is 2. The zero-order valence-corrected chi connectivity index (χ0v) is 17.0. The number of para-hydroxylation sites is 1. The number of rotatable bonds is 6. The lowest BCUT2D eigenvalue weighted by Crippen LogP contribution is -2.27. The van der Waals surface area contributed by atoms with Crippen LogP contribution in [0.2, 0.25) is 0 Å². The lowest BCUT2D eigenvalue weighted by atomic mass is 10.2. The molecule has 3 rings (SSSR count). The van der Waals surface area contributed by atoms with E-state index in [1.165, 1.54) is 23.1 Å². The molecular weight excluding hydrogens is 382 g/mol. The molecule has 0 unspecified atom stereocenters. The summed E-state index contributed by atoms with van der Waals surface area (Å²) in [4.78, 5) is 14.1. The number of carbonyl (C=O) groups is 1. The zero-order valence-electron chi connectivity index (χ0n) is 14.6. The maximum Gasteiger partial charge on any atom is 0.233 e. The Morgan fingerprint density at radius 1 is 1.19 bits per heavy atom. The molecule has 0 aliphatic heterocycles. The normalized spacial score (nSPS) is 10.7. The molecule has 1 aromatic heterocycles. The van der Waals surface area contributed by atoms with E-state index in [1.54, 1.807) is 9.58 Å². The lowest BCUT2D eigenvalue weighted by molar-refractivity contribution is -0.127. The van der Waals surface area contributed by atoms with Crippen molar-refractivity contribution in [2.24, 2.45) is 0 Å². The van der Waals surface area contributed by atoms with E-state index in [2.05, 4.69) is 5.10 Å². The Hall–Kier alpha value is -1.96. The van der Waals surface area contributed by atoms with Gasteiger partial charge in [0.1, 0.15) is 0 Å². The molecule has 0 radical (unpaired) electrons. The summed E-state index contributed by atoms with van der Waals surface area (Å²) < 4.78 is 3.27. The van der Waals surface area contributed by atoms with Crippen molar-refractivity contribution in [1.29, 1.82) is 0 Å². The van der Waals surface area contributed by atoms with Gasteiger partial charge in [0.25, 0.3) is 0 Å². The molecule has 26 heavy (non-hydrogen) atoms. The van der Waals surface area contributed by atoms with Gasteiger partial charge in [-0.25, -0.2) is 4.68 Å². The second-order valence-electron chi connectivity index (χ2n) is 5.86. The Bertz CT molecular complexity index is 950. The van der Waals surface area contributed by atoms with E-state index in [0.717, 1.165) is 21.2 Å². The predicted octanol–water partition coefficient (Wildman–Crippen LogP) is 4.72. The van der Waals surface area contributed by atoms with Crippen LogP contribution in [0.3, 0.4) is 0 Å². The van der Waals surface area contributed by atoms with Gasteiger partial charge in [0.05, 0.1) is 11.4 Å². The minimum Gasteiger partial charge on any atom is -0.341 e. The molecule has 7 heteroatoms. The number of carbonyl (C=O) groups excluding carboxylic acids is 1. The topological polar surface area (TPSA) is 38.1 Å². The van der Waals surface area contributed by atoms with E-state index < -0.39 is 0 Å². The van der Waals surface area contributed by atoms with Crippen LogP contribution in [0.4, 0.5) is 0 Å². The highest BCUT2D eigenvalue weighted by Gasteiger charge is 2.13. The third kappa shape index (κ3) is 4.60. The first-order chi connectivity index (χ1) is 12.5. The summed E-state index contributed by atoms with van der Waals surface area (Å²) in [6, 6.07) is 18.0. The van der Waals surface area contributed by atoms with Crippen LogP contribution in [-0.2, 0) is 11.3 Å². The number of nitrogens with zero attached hydrogens (tertiary/aromatic N) is 3. The molecule has 0 N–H and O–H groups in total. The van der Waals surface area contributed by atoms with E-state index in [9.17, 15) is 4.79 Å². The molecule has 0 aliphatic carbocycles. The summed E-state index contributed by atoms with van der Waals surface area (Å²) in [5.74, 6) is 0.418. The highest BCUT2D eigenvalue weighted by Crippen LogP contribution is 2.25. The molecule has 0 aliphatic rings. The first-order valence-electron chi connectivity index (χ1n) is 8.11. The monoisotopic (exact) mass is 401 g/mol. The van der Waals surface area contributed by atoms with Gasteiger partial charge in [-0.3, -0.25) is 4.79 Å². The molecule has 3 aromatic rings. The first kappa shape index (κ1) is 18.8. The number of amides is 1. The number of thioether (sulfide) groups is 1. The fourth-order valence-corrected chi connectivity index (χ4v) is 4.74. The maximum absolute atomic E-state index is 12.4. The molecule has 0 atom stereocenters. The second kappa shape index (κ2) is 8.62. The standard InChI is InChI=1S/C19H19N3OS3/c1-14-8-6-7-11-16(14)22-19(24)26-18(20-22)25-13-17(23)21(2)12-15-9-4-3-5-10-15/h3-11H,12-13H2,1-2H3. The lowest BCUT2D eigenvalue weighted by Gasteiger charge is -2.16. The summed E-state index contributed by atoms with van der Waals surface area (Å²) in [5, 5.41) is 4.58. The molecule has 2 aromatic carbocycles. The van der Waals surface area contributed by atoms with Crippen molar-refractivity contribution in [3.63, 3.8) is 0 Å². The Balaban J connectivity index is 1.63.